The summed E-state index contributed by atoms with van der Waals surface area (Å²) in [7, 11) is 0. The molecular weight excluding hydrogens is 1220 g/mol. The molecule has 11 rings (SSSR count). The Hall–Kier alpha value is -1.87. The Morgan fingerprint density at radius 3 is 1.76 bits per heavy atom. The van der Waals surface area contributed by atoms with Gasteiger partial charge in [0.1, 0.15) is 122 Å². The van der Waals surface area contributed by atoms with Crippen LogP contribution in [0, 0.1) is 50.2 Å². The Kier molecular flexibility index (Phi) is 20.7. The van der Waals surface area contributed by atoms with Crippen molar-refractivity contribution in [1.29, 1.82) is 0 Å². The van der Waals surface area contributed by atoms with Crippen LogP contribution in [0.15, 0.2) is 11.6 Å². The Morgan fingerprint density at radius 2 is 1.08 bits per heavy atom. The molecule has 0 bridgehead atoms. The zero-order valence-corrected chi connectivity index (χ0v) is 53.5. The minimum Gasteiger partial charge on any atom is -0.432 e. The number of esters is 1. The van der Waals surface area contributed by atoms with Gasteiger partial charge in [-0.2, -0.15) is 0 Å². The van der Waals surface area contributed by atoms with Crippen molar-refractivity contribution in [3.8, 4) is 0 Å². The van der Waals surface area contributed by atoms with Crippen molar-refractivity contribution >= 4 is 5.97 Å². The van der Waals surface area contributed by atoms with Gasteiger partial charge in [0.05, 0.1) is 50.7 Å². The van der Waals surface area contributed by atoms with E-state index in [2.05, 4.69) is 54.5 Å². The smallest absolute Gasteiger partial charge is 0.315 e. The highest BCUT2D eigenvalue weighted by Gasteiger charge is 2.70. The van der Waals surface area contributed by atoms with Crippen LogP contribution >= 0.6 is 0 Å². The van der Waals surface area contributed by atoms with E-state index in [0.29, 0.717) is 38.5 Å². The summed E-state index contributed by atoms with van der Waals surface area (Å²) in [6, 6.07) is 0. The minimum atomic E-state index is -1.95. The van der Waals surface area contributed by atoms with Crippen LogP contribution in [0.2, 0.25) is 0 Å². The standard InChI is InChI=1S/C63H102O29/c1-25-49(90-53-45(76)39(70)32(24-84-53)87-52-44(75)37(68)29(66)22-82-52)41(72)47(78)54(85-25)89-35-12-13-60(6)33(59(35,4)5)11-14-62(8)34(60)10-9-26-27-19-58(2,3)15-17-63(27,18-16-61(26,62)7)57(80)92-56-48(79)42(73)50(30(20-64)86-56)91-55-46(77)40(71)38(69)31(88-55)23-83-51-43(74)36(67)28(65)21-81-51/h9,25,27-56,64-79H,10-24H2,1-8H3. The first-order chi connectivity index (χ1) is 43.1. The van der Waals surface area contributed by atoms with Gasteiger partial charge in [0.2, 0.25) is 6.29 Å². The molecule has 6 aliphatic heterocycles. The van der Waals surface area contributed by atoms with E-state index in [-0.39, 0.29) is 59.2 Å². The van der Waals surface area contributed by atoms with Gasteiger partial charge in [-0.3, -0.25) is 4.79 Å². The zero-order valence-electron chi connectivity index (χ0n) is 53.5. The molecule has 0 radical (unpaired) electrons. The highest BCUT2D eigenvalue weighted by Crippen LogP contribution is 2.76. The van der Waals surface area contributed by atoms with Crippen LogP contribution in [0.25, 0.3) is 0 Å². The molecule has 6 heterocycles. The molecule has 528 valence electrons. The number of aliphatic hydroxyl groups is 16. The summed E-state index contributed by atoms with van der Waals surface area (Å²) in [5, 5.41) is 173. The van der Waals surface area contributed by atoms with E-state index in [9.17, 15) is 81.7 Å². The molecule has 0 spiro atoms. The predicted octanol–water partition coefficient (Wildman–Crippen LogP) is -3.44. The van der Waals surface area contributed by atoms with E-state index < -0.39 is 202 Å². The molecule has 0 aromatic heterocycles. The number of carbonyl (C=O) groups excluding carboxylic acids is 1. The quantitative estimate of drug-likeness (QED) is 0.0457. The second kappa shape index (κ2) is 26.7. The number of rotatable bonds is 14. The molecule has 0 amide bonds. The van der Waals surface area contributed by atoms with E-state index in [1.54, 1.807) is 6.92 Å². The van der Waals surface area contributed by atoms with Crippen molar-refractivity contribution in [2.75, 3.05) is 33.0 Å². The maximum absolute atomic E-state index is 15.3. The summed E-state index contributed by atoms with van der Waals surface area (Å²) in [6.45, 7) is 15.1. The van der Waals surface area contributed by atoms with Crippen molar-refractivity contribution in [3.63, 3.8) is 0 Å². The summed E-state index contributed by atoms with van der Waals surface area (Å²) in [4.78, 5) is 15.3. The van der Waals surface area contributed by atoms with Crippen molar-refractivity contribution in [2.45, 2.75) is 292 Å². The molecule has 0 aromatic rings. The predicted molar refractivity (Wildman–Crippen MR) is 309 cm³/mol. The average Bonchev–Trinajstić information content (AvgIpc) is 0.676. The van der Waals surface area contributed by atoms with Crippen LogP contribution in [0.1, 0.15) is 120 Å². The molecule has 16 N–H and O–H groups in total. The zero-order chi connectivity index (χ0) is 66.9. The van der Waals surface area contributed by atoms with Crippen LogP contribution < -0.4 is 0 Å². The summed E-state index contributed by atoms with van der Waals surface area (Å²) >= 11 is 0. The number of ether oxygens (including phenoxy) is 12. The van der Waals surface area contributed by atoms with Crippen molar-refractivity contribution in [3.05, 3.63) is 11.6 Å². The maximum atomic E-state index is 15.3. The van der Waals surface area contributed by atoms with Crippen LogP contribution in [-0.2, 0) is 61.6 Å². The average molecular weight is 1320 g/mol. The maximum Gasteiger partial charge on any atom is 0.315 e. The lowest BCUT2D eigenvalue weighted by atomic mass is 9.33. The van der Waals surface area contributed by atoms with Gasteiger partial charge in [-0.15, -0.1) is 0 Å². The lowest BCUT2D eigenvalue weighted by Crippen LogP contribution is -2.66. The largest absolute Gasteiger partial charge is 0.432 e. The summed E-state index contributed by atoms with van der Waals surface area (Å²) in [5.74, 6) is -0.509. The number of fused-ring (bicyclic) bond motifs is 7. The number of allylic oxidation sites excluding steroid dienone is 2. The lowest BCUT2D eigenvalue weighted by Gasteiger charge is -2.71. The fourth-order valence-electron chi connectivity index (χ4n) is 18.5. The van der Waals surface area contributed by atoms with Crippen LogP contribution in [-0.4, -0.2) is 293 Å². The van der Waals surface area contributed by atoms with Gasteiger partial charge in [0.25, 0.3) is 0 Å². The van der Waals surface area contributed by atoms with Crippen LogP contribution in [0.3, 0.4) is 0 Å². The molecule has 6 saturated heterocycles. The lowest BCUT2D eigenvalue weighted by molar-refractivity contribution is -0.364. The Balaban J connectivity index is 0.730. The van der Waals surface area contributed by atoms with Gasteiger partial charge < -0.3 is 139 Å². The molecule has 11 aliphatic rings. The van der Waals surface area contributed by atoms with E-state index in [0.717, 1.165) is 25.7 Å². The van der Waals surface area contributed by atoms with Gasteiger partial charge in [0.15, 0.2) is 31.5 Å². The van der Waals surface area contributed by atoms with Crippen molar-refractivity contribution in [2.24, 2.45) is 50.2 Å². The molecule has 29 nitrogen and oxygen atoms in total. The topological polar surface area (TPSA) is 452 Å². The number of hydrogen-bond acceptors (Lipinski definition) is 29. The highest BCUT2D eigenvalue weighted by atomic mass is 16.8. The Morgan fingerprint density at radius 1 is 0.522 bits per heavy atom. The third-order valence-corrected chi connectivity index (χ3v) is 24.4. The molecular formula is C63H102O29. The fraction of sp³-hybridized carbons (Fsp3) is 0.952. The highest BCUT2D eigenvalue weighted by molar-refractivity contribution is 5.79. The number of aliphatic hydroxyl groups excluding tert-OH is 16. The molecule has 92 heavy (non-hydrogen) atoms. The second-order valence-corrected chi connectivity index (χ2v) is 30.6. The minimum absolute atomic E-state index is 0.150. The monoisotopic (exact) mass is 1320 g/mol. The van der Waals surface area contributed by atoms with Crippen LogP contribution in [0.4, 0.5) is 0 Å². The molecule has 35 atom stereocenters. The van der Waals surface area contributed by atoms with Gasteiger partial charge in [-0.25, -0.2) is 0 Å². The van der Waals surface area contributed by atoms with Gasteiger partial charge in [0, 0.05) is 0 Å². The van der Waals surface area contributed by atoms with E-state index in [4.69, 9.17) is 56.8 Å². The van der Waals surface area contributed by atoms with Gasteiger partial charge in [-0.05, 0) is 116 Å². The van der Waals surface area contributed by atoms with Gasteiger partial charge in [-0.1, -0.05) is 60.1 Å². The van der Waals surface area contributed by atoms with Gasteiger partial charge >= 0.3 is 5.97 Å². The molecule has 4 saturated carbocycles. The number of carbonyl (C=O) groups is 1. The normalized spacial score (nSPS) is 54.3. The summed E-state index contributed by atoms with van der Waals surface area (Å²) in [5.41, 5.74) is -1.23. The third kappa shape index (κ3) is 12.3. The van der Waals surface area contributed by atoms with E-state index in [1.807, 2.05) is 0 Å². The van der Waals surface area contributed by atoms with E-state index >= 15 is 4.79 Å². The first kappa shape index (κ1) is 71.4. The van der Waals surface area contributed by atoms with Crippen molar-refractivity contribution < 1.29 is 143 Å². The second-order valence-electron chi connectivity index (χ2n) is 30.6. The first-order valence-electron chi connectivity index (χ1n) is 32.9. The third-order valence-electron chi connectivity index (χ3n) is 24.4. The van der Waals surface area contributed by atoms with Crippen molar-refractivity contribution in [1.82, 2.24) is 0 Å². The summed E-state index contributed by atoms with van der Waals surface area (Å²) < 4.78 is 70.3. The SMILES string of the molecule is CC1OC(OC2CCC3(C)C(CCC4(C)C3CC=C3C5CC(C)(C)CCC5(C(=O)OC5OC(CO)C(OC6OC(COC7OCC(O)C(O)C7O)C(O)C(O)C6O)C(O)C5O)CCC34C)C2(C)C)C(O)C(O)C1OC1OCC(OC2OCC(O)C(O)C2O)C(O)C1O. The number of hydrogen-bond donors (Lipinski definition) is 16. The molecule has 5 aliphatic carbocycles. The van der Waals surface area contributed by atoms with E-state index in [1.165, 1.54) is 5.57 Å². The Labute approximate surface area is 534 Å². The first-order valence-corrected chi connectivity index (χ1v) is 32.9. The molecule has 35 unspecified atom stereocenters. The summed E-state index contributed by atoms with van der Waals surface area (Å²) in [6.07, 6.45) is -33.8. The van der Waals surface area contributed by atoms with Crippen LogP contribution in [0.5, 0.6) is 0 Å². The molecule has 0 aromatic carbocycles. The molecule has 29 heteroatoms. The fourth-order valence-corrected chi connectivity index (χ4v) is 18.5. The molecule has 10 fully saturated rings. The Bertz CT molecular complexity index is 2580.